The van der Waals surface area contributed by atoms with Crippen molar-refractivity contribution in [3.8, 4) is 17.1 Å². The number of aromatic nitrogens is 3. The molecule has 3 rings (SSSR count). The summed E-state index contributed by atoms with van der Waals surface area (Å²) in [6.45, 7) is 2.25. The van der Waals surface area contributed by atoms with E-state index < -0.39 is 12.1 Å². The Labute approximate surface area is 173 Å². The molecule has 1 aromatic carbocycles. The highest BCUT2D eigenvalue weighted by Crippen LogP contribution is 2.38. The Bertz CT molecular complexity index is 950. The second-order valence-electron chi connectivity index (χ2n) is 6.28. The second kappa shape index (κ2) is 9.04. The minimum atomic E-state index is -4.73. The minimum absolute atomic E-state index is 0.142. The molecule has 0 N–H and O–H groups in total. The summed E-state index contributed by atoms with van der Waals surface area (Å²) in [6, 6.07) is 4.65. The Morgan fingerprint density at radius 1 is 1.00 bits per heavy atom. The van der Waals surface area contributed by atoms with Crippen LogP contribution < -0.4 is 4.74 Å². The van der Waals surface area contributed by atoms with Crippen molar-refractivity contribution in [2.75, 3.05) is 6.61 Å². The normalized spacial score (nSPS) is 11.8. The SMILES string of the molecule is Cc1cc(CCCCCOc2c(Cl)cc(-c3noc(C(F)(F)F)n3)cc2Cl)on1. The molecule has 0 saturated carbocycles. The van der Waals surface area contributed by atoms with Crippen molar-refractivity contribution in [3.05, 3.63) is 45.6 Å². The summed E-state index contributed by atoms with van der Waals surface area (Å²) in [6.07, 6.45) is -1.36. The first-order chi connectivity index (χ1) is 13.7. The Morgan fingerprint density at radius 3 is 2.31 bits per heavy atom. The highest BCUT2D eigenvalue weighted by molar-refractivity contribution is 6.37. The van der Waals surface area contributed by atoms with Crippen molar-refractivity contribution in [3.63, 3.8) is 0 Å². The molecule has 0 aliphatic carbocycles. The lowest BCUT2D eigenvalue weighted by Crippen LogP contribution is -2.04. The summed E-state index contributed by atoms with van der Waals surface area (Å²) in [5.74, 6) is -0.612. The van der Waals surface area contributed by atoms with Gasteiger partial charge in [-0.3, -0.25) is 0 Å². The molecule has 0 aliphatic heterocycles. The van der Waals surface area contributed by atoms with Crippen molar-refractivity contribution in [2.45, 2.75) is 38.8 Å². The van der Waals surface area contributed by atoms with Gasteiger partial charge in [0.25, 0.3) is 0 Å². The monoisotopic (exact) mass is 449 g/mol. The smallest absolute Gasteiger partial charge is 0.471 e. The summed E-state index contributed by atoms with van der Waals surface area (Å²) in [5, 5.41) is 7.43. The molecule has 0 aliphatic rings. The fourth-order valence-corrected chi connectivity index (χ4v) is 3.17. The first-order valence-corrected chi connectivity index (χ1v) is 9.45. The molecule has 0 atom stereocenters. The van der Waals surface area contributed by atoms with Crippen molar-refractivity contribution in [1.29, 1.82) is 0 Å². The molecule has 2 aromatic heterocycles. The molecule has 0 radical (unpaired) electrons. The van der Waals surface area contributed by atoms with Crippen LogP contribution in [0.5, 0.6) is 5.75 Å². The van der Waals surface area contributed by atoms with Crippen LogP contribution in [0.3, 0.4) is 0 Å². The van der Waals surface area contributed by atoms with Gasteiger partial charge in [0.15, 0.2) is 5.75 Å². The number of ether oxygens (including phenoxy) is 1. The largest absolute Gasteiger partial charge is 0.490 e. The number of rotatable bonds is 8. The van der Waals surface area contributed by atoms with Crippen LogP contribution >= 0.6 is 23.2 Å². The Hall–Kier alpha value is -2.26. The zero-order valence-electron chi connectivity index (χ0n) is 15.2. The van der Waals surface area contributed by atoms with Gasteiger partial charge in [0, 0.05) is 18.1 Å². The molecule has 0 fully saturated rings. The van der Waals surface area contributed by atoms with Crippen molar-refractivity contribution in [1.82, 2.24) is 15.3 Å². The van der Waals surface area contributed by atoms with Crippen LogP contribution in [0, 0.1) is 6.92 Å². The standard InChI is InChI=1S/C18H16Cl2F3N3O3/c1-10-7-12(28-25-10)5-3-2-4-6-27-15-13(19)8-11(9-14(15)20)16-24-17(29-26-16)18(21,22)23/h7-9H,2-6H2,1H3. The van der Waals surface area contributed by atoms with Crippen LogP contribution in [0.1, 0.15) is 36.6 Å². The number of aryl methyl sites for hydroxylation is 2. The average Bonchev–Trinajstić information content (AvgIpc) is 3.28. The first kappa shape index (κ1) is 21.4. The molecule has 0 saturated heterocycles. The van der Waals surface area contributed by atoms with E-state index in [1.165, 1.54) is 12.1 Å². The van der Waals surface area contributed by atoms with E-state index in [4.69, 9.17) is 32.5 Å². The Morgan fingerprint density at radius 2 is 1.72 bits per heavy atom. The number of benzene rings is 1. The van der Waals surface area contributed by atoms with Gasteiger partial charge in [0.1, 0.15) is 5.76 Å². The van der Waals surface area contributed by atoms with E-state index >= 15 is 0 Å². The van der Waals surface area contributed by atoms with Gasteiger partial charge in [0.2, 0.25) is 5.82 Å². The van der Waals surface area contributed by atoms with Gasteiger partial charge < -0.3 is 13.8 Å². The number of alkyl halides is 3. The molecule has 11 heteroatoms. The number of nitrogens with zero attached hydrogens (tertiary/aromatic N) is 3. The van der Waals surface area contributed by atoms with Crippen molar-refractivity contribution >= 4 is 23.2 Å². The van der Waals surface area contributed by atoms with Gasteiger partial charge in [-0.05, 0) is 38.3 Å². The molecular weight excluding hydrogens is 434 g/mol. The molecule has 0 bridgehead atoms. The maximum Gasteiger partial charge on any atom is 0.471 e. The first-order valence-electron chi connectivity index (χ1n) is 8.69. The summed E-state index contributed by atoms with van der Waals surface area (Å²) in [7, 11) is 0. The zero-order valence-corrected chi connectivity index (χ0v) is 16.7. The maximum atomic E-state index is 12.6. The Balaban J connectivity index is 1.53. The fraction of sp³-hybridized carbons (Fsp3) is 0.389. The third-order valence-corrected chi connectivity index (χ3v) is 4.48. The van der Waals surface area contributed by atoms with E-state index in [1.807, 2.05) is 13.0 Å². The lowest BCUT2D eigenvalue weighted by Gasteiger charge is -2.11. The maximum absolute atomic E-state index is 12.6. The van der Waals surface area contributed by atoms with E-state index in [9.17, 15) is 13.2 Å². The van der Waals surface area contributed by atoms with Gasteiger partial charge in [-0.15, -0.1) is 0 Å². The number of halogens is 5. The van der Waals surface area contributed by atoms with Crippen LogP contribution in [0.4, 0.5) is 13.2 Å². The molecule has 3 aromatic rings. The van der Waals surface area contributed by atoms with Crippen LogP contribution in [0.25, 0.3) is 11.4 Å². The third kappa shape index (κ3) is 5.63. The van der Waals surface area contributed by atoms with Crippen LogP contribution in [0.15, 0.2) is 27.2 Å². The minimum Gasteiger partial charge on any atom is -0.490 e. The fourth-order valence-electron chi connectivity index (χ4n) is 2.57. The molecule has 0 unspecified atom stereocenters. The van der Waals surface area contributed by atoms with Gasteiger partial charge in [-0.25, -0.2) is 0 Å². The molecule has 0 spiro atoms. The van der Waals surface area contributed by atoms with E-state index in [2.05, 4.69) is 19.8 Å². The van der Waals surface area contributed by atoms with Crippen molar-refractivity contribution < 1.29 is 27.0 Å². The highest BCUT2D eigenvalue weighted by atomic mass is 35.5. The van der Waals surface area contributed by atoms with E-state index in [1.54, 1.807) is 0 Å². The molecule has 6 nitrogen and oxygen atoms in total. The van der Waals surface area contributed by atoms with Gasteiger partial charge in [-0.2, -0.15) is 18.2 Å². The average molecular weight is 450 g/mol. The van der Waals surface area contributed by atoms with Gasteiger partial charge in [0.05, 0.1) is 22.3 Å². The van der Waals surface area contributed by atoms with Gasteiger partial charge in [-0.1, -0.05) is 33.5 Å². The zero-order chi connectivity index (χ0) is 21.0. The lowest BCUT2D eigenvalue weighted by molar-refractivity contribution is -0.159. The van der Waals surface area contributed by atoms with E-state index in [0.717, 1.165) is 37.1 Å². The molecule has 156 valence electrons. The van der Waals surface area contributed by atoms with Crippen LogP contribution in [-0.2, 0) is 12.6 Å². The van der Waals surface area contributed by atoms with E-state index in [0.29, 0.717) is 6.61 Å². The quantitative estimate of drug-likeness (QED) is 0.383. The van der Waals surface area contributed by atoms with Crippen LogP contribution in [-0.4, -0.2) is 21.9 Å². The van der Waals surface area contributed by atoms with E-state index in [-0.39, 0.29) is 27.2 Å². The number of hydrogen-bond donors (Lipinski definition) is 0. The Kier molecular flexibility index (Phi) is 6.69. The summed E-state index contributed by atoms with van der Waals surface area (Å²) in [5.41, 5.74) is 1.04. The molecule has 2 heterocycles. The van der Waals surface area contributed by atoms with Crippen LogP contribution in [0.2, 0.25) is 10.0 Å². The second-order valence-corrected chi connectivity index (χ2v) is 7.10. The molecule has 29 heavy (non-hydrogen) atoms. The van der Waals surface area contributed by atoms with Crippen molar-refractivity contribution in [2.24, 2.45) is 0 Å². The predicted octanol–water partition coefficient (Wildman–Crippen LogP) is 6.15. The lowest BCUT2D eigenvalue weighted by atomic mass is 10.1. The molecular formula is C18H16Cl2F3N3O3. The summed E-state index contributed by atoms with van der Waals surface area (Å²) >= 11 is 12.3. The van der Waals surface area contributed by atoms with Gasteiger partial charge >= 0.3 is 12.1 Å². The highest BCUT2D eigenvalue weighted by Gasteiger charge is 2.38. The number of hydrogen-bond acceptors (Lipinski definition) is 6. The third-order valence-electron chi connectivity index (χ3n) is 3.92. The predicted molar refractivity (Wildman–Crippen MR) is 99.0 cm³/mol. The molecule has 0 amide bonds. The topological polar surface area (TPSA) is 74.2 Å². The summed E-state index contributed by atoms with van der Waals surface area (Å²) in [4.78, 5) is 3.31. The summed E-state index contributed by atoms with van der Waals surface area (Å²) < 4.78 is 52.8. The number of unbranched alkanes of at least 4 members (excludes halogenated alkanes) is 2.